The molecule has 0 saturated carbocycles. The summed E-state index contributed by atoms with van der Waals surface area (Å²) in [6, 6.07) is 25.9. The largest absolute Gasteiger partial charge is 0.328 e. The van der Waals surface area contributed by atoms with Crippen molar-refractivity contribution in [3.63, 3.8) is 0 Å². The summed E-state index contributed by atoms with van der Waals surface area (Å²) >= 11 is 0. The zero-order valence-corrected chi connectivity index (χ0v) is 17.4. The van der Waals surface area contributed by atoms with Gasteiger partial charge in [0.05, 0.1) is 5.69 Å². The van der Waals surface area contributed by atoms with Gasteiger partial charge in [0.15, 0.2) is 0 Å². The van der Waals surface area contributed by atoms with Crippen LogP contribution in [0.4, 0.5) is 10.1 Å². The monoisotopic (exact) mass is 416 g/mol. The van der Waals surface area contributed by atoms with Crippen LogP contribution in [0.5, 0.6) is 0 Å². The third-order valence-corrected chi connectivity index (χ3v) is 6.11. The fourth-order valence-electron chi connectivity index (χ4n) is 4.10. The lowest BCUT2D eigenvalue weighted by Gasteiger charge is -2.49. The second kappa shape index (κ2) is 8.72. The fraction of sp³-hybridized carbons (Fsp3) is 0.231. The Morgan fingerprint density at radius 3 is 2.00 bits per heavy atom. The summed E-state index contributed by atoms with van der Waals surface area (Å²) in [7, 11) is 0. The summed E-state index contributed by atoms with van der Waals surface area (Å²) in [5, 5.41) is 2.65. The molecule has 4 rings (SSSR count). The molecule has 1 heterocycles. The highest BCUT2D eigenvalue weighted by Gasteiger charge is 2.49. The van der Waals surface area contributed by atoms with Crippen LogP contribution < -0.4 is 5.32 Å². The number of nitrogens with zero attached hydrogens (tertiary/aromatic N) is 1. The Morgan fingerprint density at radius 1 is 0.935 bits per heavy atom. The van der Waals surface area contributed by atoms with Crippen molar-refractivity contribution < 1.29 is 14.0 Å². The zero-order valence-electron chi connectivity index (χ0n) is 17.4. The Labute approximate surface area is 181 Å². The first-order valence-electron chi connectivity index (χ1n) is 10.5. The Hall–Kier alpha value is -3.47. The van der Waals surface area contributed by atoms with Gasteiger partial charge < -0.3 is 10.2 Å². The highest BCUT2D eigenvalue weighted by Crippen LogP contribution is 2.36. The van der Waals surface area contributed by atoms with Crippen molar-refractivity contribution >= 4 is 17.5 Å². The average molecular weight is 416 g/mol. The zero-order chi connectivity index (χ0) is 21.8. The molecule has 0 spiro atoms. The molecule has 0 bridgehead atoms. The molecule has 4 nitrogen and oxygen atoms in total. The molecular formula is C26H25FN2O2. The molecule has 31 heavy (non-hydrogen) atoms. The number of hydrogen-bond donors (Lipinski definition) is 1. The Kier molecular flexibility index (Phi) is 5.85. The second-order valence-corrected chi connectivity index (χ2v) is 8.08. The topological polar surface area (TPSA) is 49.4 Å². The molecule has 3 aromatic carbocycles. The highest BCUT2D eigenvalue weighted by atomic mass is 19.1. The molecule has 2 amide bonds. The van der Waals surface area contributed by atoms with Crippen molar-refractivity contribution in [2.75, 3.05) is 11.9 Å². The number of carbonyl (C=O) groups is 2. The van der Waals surface area contributed by atoms with Crippen molar-refractivity contribution in [3.05, 3.63) is 102 Å². The Morgan fingerprint density at radius 2 is 1.48 bits per heavy atom. The van der Waals surface area contributed by atoms with Gasteiger partial charge in [-0.3, -0.25) is 9.59 Å². The van der Waals surface area contributed by atoms with Crippen LogP contribution in [-0.4, -0.2) is 28.8 Å². The van der Waals surface area contributed by atoms with Crippen molar-refractivity contribution in [2.45, 2.75) is 31.2 Å². The van der Waals surface area contributed by atoms with Crippen molar-refractivity contribution in [1.82, 2.24) is 4.90 Å². The Bertz CT molecular complexity index is 1030. The van der Waals surface area contributed by atoms with Gasteiger partial charge in [-0.05, 0) is 36.6 Å². The molecule has 1 unspecified atom stereocenters. The van der Waals surface area contributed by atoms with E-state index in [0.29, 0.717) is 13.0 Å². The van der Waals surface area contributed by atoms with Gasteiger partial charge in [0, 0.05) is 18.9 Å². The maximum absolute atomic E-state index is 14.0. The molecule has 1 aliphatic heterocycles. The molecule has 1 saturated heterocycles. The van der Waals surface area contributed by atoms with Crippen molar-refractivity contribution in [1.29, 1.82) is 0 Å². The van der Waals surface area contributed by atoms with Crippen LogP contribution in [0.3, 0.4) is 0 Å². The highest BCUT2D eigenvalue weighted by molar-refractivity contribution is 6.01. The van der Waals surface area contributed by atoms with Crippen molar-refractivity contribution in [2.24, 2.45) is 0 Å². The van der Waals surface area contributed by atoms with E-state index in [2.05, 4.69) is 5.32 Å². The van der Waals surface area contributed by atoms with Gasteiger partial charge in [-0.25, -0.2) is 4.39 Å². The van der Waals surface area contributed by atoms with E-state index in [1.807, 2.05) is 60.7 Å². The van der Waals surface area contributed by atoms with Gasteiger partial charge in [0.1, 0.15) is 11.4 Å². The number of halogens is 1. The first kappa shape index (κ1) is 20.8. The molecule has 1 fully saturated rings. The van der Waals surface area contributed by atoms with Crippen LogP contribution in [0.2, 0.25) is 0 Å². The summed E-state index contributed by atoms with van der Waals surface area (Å²) in [5.41, 5.74) is 1.25. The molecule has 0 aromatic heterocycles. The van der Waals surface area contributed by atoms with Crippen molar-refractivity contribution in [3.8, 4) is 0 Å². The van der Waals surface area contributed by atoms with Crippen LogP contribution in [0.1, 0.15) is 36.8 Å². The van der Waals surface area contributed by atoms with E-state index in [0.717, 1.165) is 11.1 Å². The molecule has 0 radical (unpaired) electrons. The third-order valence-electron chi connectivity index (χ3n) is 6.11. The summed E-state index contributed by atoms with van der Waals surface area (Å²) in [5.74, 6) is -1.05. The number of hydrogen-bond acceptors (Lipinski definition) is 2. The average Bonchev–Trinajstić information content (AvgIpc) is 2.79. The molecule has 158 valence electrons. The number of anilines is 1. The van der Waals surface area contributed by atoms with E-state index >= 15 is 0 Å². The number of amides is 2. The molecule has 0 aliphatic carbocycles. The van der Waals surface area contributed by atoms with Gasteiger partial charge in [0.25, 0.3) is 0 Å². The first-order chi connectivity index (χ1) is 15.0. The predicted molar refractivity (Wildman–Crippen MR) is 119 cm³/mol. The molecule has 1 aliphatic rings. The maximum Gasteiger partial charge on any atom is 0.250 e. The number of para-hydroxylation sites is 1. The third kappa shape index (κ3) is 4.22. The van der Waals surface area contributed by atoms with Gasteiger partial charge >= 0.3 is 0 Å². The van der Waals surface area contributed by atoms with Gasteiger partial charge in [0.2, 0.25) is 11.8 Å². The number of rotatable bonds is 6. The fourth-order valence-corrected chi connectivity index (χ4v) is 4.10. The summed E-state index contributed by atoms with van der Waals surface area (Å²) in [6.07, 6.45) is 0.803. The Balaban J connectivity index is 1.52. The number of benzene rings is 3. The van der Waals surface area contributed by atoms with E-state index in [-0.39, 0.29) is 29.8 Å². The van der Waals surface area contributed by atoms with Gasteiger partial charge in [-0.2, -0.15) is 0 Å². The van der Waals surface area contributed by atoms with Crippen LogP contribution in [0.25, 0.3) is 0 Å². The van der Waals surface area contributed by atoms with E-state index in [1.165, 1.54) is 12.1 Å². The standard InChI is InChI=1S/C26H25FN2O2/c1-26(25(31)28-23-15-9-8-14-22(23)27)16-17-29(26)24(30)18-21(19-10-4-2-5-11-19)20-12-6-3-7-13-20/h2-15,21H,16-18H2,1H3,(H,28,31). The number of likely N-dealkylation sites (tertiary alicyclic amines) is 1. The van der Waals surface area contributed by atoms with Crippen LogP contribution >= 0.6 is 0 Å². The summed E-state index contributed by atoms with van der Waals surface area (Å²) < 4.78 is 14.0. The van der Waals surface area contributed by atoms with Crippen LogP contribution in [0, 0.1) is 5.82 Å². The SMILES string of the molecule is CC1(C(=O)Nc2ccccc2F)CCN1C(=O)CC(c1ccccc1)c1ccccc1. The first-order valence-corrected chi connectivity index (χ1v) is 10.5. The quantitative estimate of drug-likeness (QED) is 0.616. The minimum atomic E-state index is -0.989. The van der Waals surface area contributed by atoms with Crippen LogP contribution in [-0.2, 0) is 9.59 Å². The minimum absolute atomic E-state index is 0.0878. The normalized spacial score (nSPS) is 17.8. The molecule has 5 heteroatoms. The molecule has 1 N–H and O–H groups in total. The molecule has 3 aromatic rings. The lowest BCUT2D eigenvalue weighted by atomic mass is 9.82. The number of carbonyl (C=O) groups excluding carboxylic acids is 2. The summed E-state index contributed by atoms with van der Waals surface area (Å²) in [6.45, 7) is 2.25. The lowest BCUT2D eigenvalue weighted by Crippen LogP contribution is -2.66. The molecule has 1 atom stereocenters. The van der Waals surface area contributed by atoms with E-state index in [9.17, 15) is 14.0 Å². The molecular weight excluding hydrogens is 391 g/mol. The van der Waals surface area contributed by atoms with E-state index < -0.39 is 11.4 Å². The smallest absolute Gasteiger partial charge is 0.250 e. The second-order valence-electron chi connectivity index (χ2n) is 8.08. The van der Waals surface area contributed by atoms with Gasteiger partial charge in [-0.15, -0.1) is 0 Å². The lowest BCUT2D eigenvalue weighted by molar-refractivity contribution is -0.154. The van der Waals surface area contributed by atoms with E-state index in [1.54, 1.807) is 24.0 Å². The van der Waals surface area contributed by atoms with E-state index in [4.69, 9.17) is 0 Å². The van der Waals surface area contributed by atoms with Crippen LogP contribution in [0.15, 0.2) is 84.9 Å². The summed E-state index contributed by atoms with van der Waals surface area (Å²) in [4.78, 5) is 27.8. The van der Waals surface area contributed by atoms with Gasteiger partial charge in [-0.1, -0.05) is 72.8 Å². The predicted octanol–water partition coefficient (Wildman–Crippen LogP) is 4.98. The maximum atomic E-state index is 14.0. The minimum Gasteiger partial charge on any atom is -0.328 e. The number of nitrogens with one attached hydrogen (secondary N) is 1.